The second kappa shape index (κ2) is 6.00. The largest absolute Gasteiger partial charge is 0.303 e. The number of pyridine rings is 1. The molecule has 3 rings (SSSR count). The number of rotatable bonds is 4. The van der Waals surface area contributed by atoms with Gasteiger partial charge in [0.2, 0.25) is 0 Å². The van der Waals surface area contributed by atoms with Crippen LogP contribution in [0.15, 0.2) is 24.5 Å². The van der Waals surface area contributed by atoms with Crippen molar-refractivity contribution in [1.29, 1.82) is 0 Å². The van der Waals surface area contributed by atoms with Crippen molar-refractivity contribution < 1.29 is 0 Å². The van der Waals surface area contributed by atoms with E-state index in [1.165, 1.54) is 49.1 Å². The summed E-state index contributed by atoms with van der Waals surface area (Å²) in [5.41, 5.74) is 3.68. The quantitative estimate of drug-likeness (QED) is 0.819. The molecule has 0 radical (unpaired) electrons. The van der Waals surface area contributed by atoms with Crippen molar-refractivity contribution in [2.45, 2.75) is 44.8 Å². The van der Waals surface area contributed by atoms with Crippen molar-refractivity contribution in [1.82, 2.24) is 9.38 Å². The second-order valence-corrected chi connectivity index (χ2v) is 6.73. The van der Waals surface area contributed by atoms with E-state index in [1.807, 2.05) is 6.20 Å². The maximum absolute atomic E-state index is 4.49. The molecule has 0 bridgehead atoms. The van der Waals surface area contributed by atoms with Crippen LogP contribution in [0.3, 0.4) is 0 Å². The molecule has 0 spiro atoms. The van der Waals surface area contributed by atoms with Gasteiger partial charge in [-0.25, -0.2) is 4.98 Å². The van der Waals surface area contributed by atoms with Crippen LogP contribution in [0.4, 0.5) is 0 Å². The SMILES string of the molecule is Cc1ccn2c(CSCC3CCCCC3)cnc2c1. The van der Waals surface area contributed by atoms with Gasteiger partial charge < -0.3 is 4.40 Å². The third-order valence-corrected chi connectivity index (χ3v) is 5.28. The average Bonchev–Trinajstić information content (AvgIpc) is 2.82. The molecule has 102 valence electrons. The normalized spacial score (nSPS) is 17.1. The number of hydrogen-bond donors (Lipinski definition) is 0. The fraction of sp³-hybridized carbons (Fsp3) is 0.562. The summed E-state index contributed by atoms with van der Waals surface area (Å²) in [6.45, 7) is 2.12. The minimum absolute atomic E-state index is 0.959. The summed E-state index contributed by atoms with van der Waals surface area (Å²) >= 11 is 2.08. The Morgan fingerprint density at radius 2 is 2.16 bits per heavy atom. The molecule has 0 aromatic carbocycles. The average molecular weight is 274 g/mol. The molecule has 2 aromatic rings. The van der Waals surface area contributed by atoms with Crippen LogP contribution in [0.5, 0.6) is 0 Å². The number of thioether (sulfide) groups is 1. The first-order valence-electron chi connectivity index (χ1n) is 7.33. The van der Waals surface area contributed by atoms with Crippen LogP contribution in [0.25, 0.3) is 5.65 Å². The van der Waals surface area contributed by atoms with Crippen molar-refractivity contribution in [3.05, 3.63) is 35.8 Å². The summed E-state index contributed by atoms with van der Waals surface area (Å²) < 4.78 is 2.22. The first kappa shape index (κ1) is 13.0. The summed E-state index contributed by atoms with van der Waals surface area (Å²) in [6, 6.07) is 4.30. The number of aromatic nitrogens is 2. The maximum Gasteiger partial charge on any atom is 0.137 e. The molecule has 1 aliphatic carbocycles. The van der Waals surface area contributed by atoms with Gasteiger partial charge >= 0.3 is 0 Å². The molecule has 0 amide bonds. The van der Waals surface area contributed by atoms with E-state index in [1.54, 1.807) is 0 Å². The molecule has 2 nitrogen and oxygen atoms in total. The summed E-state index contributed by atoms with van der Waals surface area (Å²) in [5, 5.41) is 0. The topological polar surface area (TPSA) is 17.3 Å². The smallest absolute Gasteiger partial charge is 0.137 e. The first-order chi connectivity index (χ1) is 9.33. The van der Waals surface area contributed by atoms with E-state index in [2.05, 4.69) is 46.4 Å². The number of nitrogens with zero attached hydrogens (tertiary/aromatic N) is 2. The minimum Gasteiger partial charge on any atom is -0.303 e. The van der Waals surface area contributed by atoms with Crippen LogP contribution < -0.4 is 0 Å². The Balaban J connectivity index is 1.59. The third-order valence-electron chi connectivity index (χ3n) is 4.07. The highest BCUT2D eigenvalue weighted by Crippen LogP contribution is 2.28. The minimum atomic E-state index is 0.959. The van der Waals surface area contributed by atoms with Gasteiger partial charge in [-0.3, -0.25) is 0 Å². The zero-order valence-corrected chi connectivity index (χ0v) is 12.5. The van der Waals surface area contributed by atoms with E-state index in [-0.39, 0.29) is 0 Å². The van der Waals surface area contributed by atoms with E-state index < -0.39 is 0 Å². The van der Waals surface area contributed by atoms with E-state index in [9.17, 15) is 0 Å². The Labute approximate surface area is 119 Å². The van der Waals surface area contributed by atoms with Crippen molar-refractivity contribution in [2.75, 3.05) is 5.75 Å². The lowest BCUT2D eigenvalue weighted by molar-refractivity contribution is 0.391. The Morgan fingerprint density at radius 1 is 1.32 bits per heavy atom. The van der Waals surface area contributed by atoms with Gasteiger partial charge in [-0.05, 0) is 49.1 Å². The Morgan fingerprint density at radius 3 is 3.00 bits per heavy atom. The summed E-state index contributed by atoms with van der Waals surface area (Å²) in [5.74, 6) is 3.36. The third kappa shape index (κ3) is 3.14. The fourth-order valence-electron chi connectivity index (χ4n) is 2.93. The van der Waals surface area contributed by atoms with E-state index in [0.29, 0.717) is 0 Å². The monoisotopic (exact) mass is 274 g/mol. The Bertz CT molecular complexity index is 541. The molecule has 1 fully saturated rings. The molecule has 2 heterocycles. The van der Waals surface area contributed by atoms with Gasteiger partial charge in [0.25, 0.3) is 0 Å². The lowest BCUT2D eigenvalue weighted by Gasteiger charge is -2.20. The molecule has 1 aliphatic rings. The molecular formula is C16H22N2S. The molecule has 0 unspecified atom stereocenters. The number of hydrogen-bond acceptors (Lipinski definition) is 2. The highest BCUT2D eigenvalue weighted by molar-refractivity contribution is 7.98. The molecular weight excluding hydrogens is 252 g/mol. The first-order valence-corrected chi connectivity index (χ1v) is 8.49. The van der Waals surface area contributed by atoms with Crippen LogP contribution in [0.1, 0.15) is 43.4 Å². The van der Waals surface area contributed by atoms with Crippen LogP contribution >= 0.6 is 11.8 Å². The highest BCUT2D eigenvalue weighted by Gasteiger charge is 2.13. The summed E-state index contributed by atoms with van der Waals surface area (Å²) in [4.78, 5) is 4.49. The summed E-state index contributed by atoms with van der Waals surface area (Å²) in [7, 11) is 0. The lowest BCUT2D eigenvalue weighted by atomic mass is 9.91. The van der Waals surface area contributed by atoms with Gasteiger partial charge in [0, 0.05) is 11.9 Å². The Kier molecular flexibility index (Phi) is 4.12. The molecule has 0 atom stereocenters. The molecule has 1 saturated carbocycles. The van der Waals surface area contributed by atoms with E-state index in [0.717, 1.165) is 17.3 Å². The van der Waals surface area contributed by atoms with Crippen molar-refractivity contribution in [3.63, 3.8) is 0 Å². The zero-order valence-electron chi connectivity index (χ0n) is 11.6. The summed E-state index contributed by atoms with van der Waals surface area (Å²) in [6.07, 6.45) is 11.4. The number of fused-ring (bicyclic) bond motifs is 1. The predicted octanol–water partition coefficient (Wildman–Crippen LogP) is 4.46. The van der Waals surface area contributed by atoms with Crippen LogP contribution in [-0.4, -0.2) is 15.1 Å². The molecule has 0 N–H and O–H groups in total. The van der Waals surface area contributed by atoms with Crippen LogP contribution in [-0.2, 0) is 5.75 Å². The lowest BCUT2D eigenvalue weighted by Crippen LogP contribution is -2.08. The van der Waals surface area contributed by atoms with E-state index in [4.69, 9.17) is 0 Å². The van der Waals surface area contributed by atoms with Crippen molar-refractivity contribution in [3.8, 4) is 0 Å². The van der Waals surface area contributed by atoms with Gasteiger partial charge in [0.05, 0.1) is 11.9 Å². The Hall–Kier alpha value is -0.960. The van der Waals surface area contributed by atoms with Crippen LogP contribution in [0.2, 0.25) is 0 Å². The maximum atomic E-state index is 4.49. The molecule has 2 aromatic heterocycles. The second-order valence-electron chi connectivity index (χ2n) is 5.70. The zero-order chi connectivity index (χ0) is 13.1. The van der Waals surface area contributed by atoms with Gasteiger partial charge in [0.15, 0.2) is 0 Å². The van der Waals surface area contributed by atoms with E-state index >= 15 is 0 Å². The molecule has 3 heteroatoms. The van der Waals surface area contributed by atoms with Crippen molar-refractivity contribution >= 4 is 17.4 Å². The predicted molar refractivity (Wildman–Crippen MR) is 82.7 cm³/mol. The van der Waals surface area contributed by atoms with Gasteiger partial charge in [-0.1, -0.05) is 19.3 Å². The number of aryl methyl sites for hydroxylation is 1. The van der Waals surface area contributed by atoms with Gasteiger partial charge in [0.1, 0.15) is 5.65 Å². The molecule has 19 heavy (non-hydrogen) atoms. The molecule has 0 aliphatic heterocycles. The van der Waals surface area contributed by atoms with Crippen LogP contribution in [0, 0.1) is 12.8 Å². The van der Waals surface area contributed by atoms with Gasteiger partial charge in [-0.15, -0.1) is 0 Å². The standard InChI is InChI=1S/C16H22N2S/c1-13-7-8-18-15(10-17-16(18)9-13)12-19-11-14-5-3-2-4-6-14/h7-10,14H,2-6,11-12H2,1H3. The molecule has 0 saturated heterocycles. The van der Waals surface area contributed by atoms with Crippen molar-refractivity contribution in [2.24, 2.45) is 5.92 Å². The van der Waals surface area contributed by atoms with Gasteiger partial charge in [-0.2, -0.15) is 11.8 Å². The highest BCUT2D eigenvalue weighted by atomic mass is 32.2. The number of imidazole rings is 1. The fourth-order valence-corrected chi connectivity index (χ4v) is 4.13.